The van der Waals surface area contributed by atoms with Crippen molar-refractivity contribution < 1.29 is 9.59 Å². The number of rotatable bonds is 4. The van der Waals surface area contributed by atoms with Crippen molar-refractivity contribution >= 4 is 64.0 Å². The maximum atomic E-state index is 12.9. The fourth-order valence-corrected chi connectivity index (χ4v) is 6.69. The Labute approximate surface area is 212 Å². The third-order valence-electron chi connectivity index (χ3n) is 5.66. The van der Waals surface area contributed by atoms with Crippen molar-refractivity contribution in [1.29, 1.82) is 0 Å². The predicted molar refractivity (Wildman–Crippen MR) is 143 cm³/mol. The van der Waals surface area contributed by atoms with Crippen LogP contribution in [0.25, 0.3) is 0 Å². The molecule has 172 valence electrons. The quantitative estimate of drug-likeness (QED) is 0.352. The second-order valence-electron chi connectivity index (χ2n) is 7.66. The summed E-state index contributed by atoms with van der Waals surface area (Å²) in [7, 11) is 0. The number of thiocarbonyl (C=S) groups is 1. The molecule has 1 saturated heterocycles. The summed E-state index contributed by atoms with van der Waals surface area (Å²) in [4.78, 5) is 32.5. The van der Waals surface area contributed by atoms with Crippen LogP contribution in [0.4, 0.5) is 11.4 Å². The van der Waals surface area contributed by atoms with Gasteiger partial charge in [-0.2, -0.15) is 0 Å². The molecule has 5 rings (SSSR count). The lowest BCUT2D eigenvalue weighted by Gasteiger charge is -2.22. The molecule has 34 heavy (non-hydrogen) atoms. The van der Waals surface area contributed by atoms with Crippen LogP contribution in [0.2, 0.25) is 0 Å². The second kappa shape index (κ2) is 9.32. The van der Waals surface area contributed by atoms with E-state index in [1.165, 1.54) is 0 Å². The molecular formula is C25H22N4O2S3. The number of hydrogen-bond acceptors (Lipinski definition) is 7. The molecule has 0 bridgehead atoms. The number of benzene rings is 2. The minimum absolute atomic E-state index is 0.0223. The van der Waals surface area contributed by atoms with Gasteiger partial charge in [0.05, 0.1) is 21.4 Å². The molecule has 0 spiro atoms. The van der Waals surface area contributed by atoms with Gasteiger partial charge >= 0.3 is 0 Å². The highest BCUT2D eigenvalue weighted by Gasteiger charge is 2.31. The van der Waals surface area contributed by atoms with Crippen LogP contribution in [0, 0.1) is 0 Å². The molecule has 3 heterocycles. The van der Waals surface area contributed by atoms with E-state index >= 15 is 0 Å². The zero-order valence-electron chi connectivity index (χ0n) is 18.6. The number of carbonyl (C=O) groups excluding carboxylic acids is 2. The minimum atomic E-state index is -0.496. The van der Waals surface area contributed by atoms with Crippen LogP contribution >= 0.6 is 35.7 Å². The lowest BCUT2D eigenvalue weighted by molar-refractivity contribution is -0.123. The Morgan fingerprint density at radius 1 is 0.824 bits per heavy atom. The zero-order valence-corrected chi connectivity index (χ0v) is 21.1. The minimum Gasteiger partial charge on any atom is -0.335 e. The SMILES string of the molecule is CCN1C(=CC(C=C2Sc3ccccc3N2CC)=C2C(=O)NC(=S)NC2=O)Sc2ccccc21. The molecule has 2 amide bonds. The highest BCUT2D eigenvalue weighted by molar-refractivity contribution is 8.04. The first-order valence-corrected chi connectivity index (χ1v) is 13.0. The molecule has 2 aromatic rings. The Hall–Kier alpha value is -3.01. The van der Waals surface area contributed by atoms with E-state index in [9.17, 15) is 9.59 Å². The van der Waals surface area contributed by atoms with Crippen LogP contribution < -0.4 is 20.4 Å². The Kier molecular flexibility index (Phi) is 6.24. The average Bonchev–Trinajstić information content (AvgIpc) is 3.34. The number of allylic oxidation sites excluding steroid dienone is 3. The van der Waals surface area contributed by atoms with Crippen molar-refractivity contribution in [3.63, 3.8) is 0 Å². The van der Waals surface area contributed by atoms with Gasteiger partial charge in [-0.15, -0.1) is 0 Å². The van der Waals surface area contributed by atoms with Crippen LogP contribution in [-0.2, 0) is 9.59 Å². The predicted octanol–water partition coefficient (Wildman–Crippen LogP) is 4.76. The van der Waals surface area contributed by atoms with Crippen molar-refractivity contribution in [2.45, 2.75) is 23.6 Å². The molecule has 0 unspecified atom stereocenters. The smallest absolute Gasteiger partial charge is 0.263 e. The van der Waals surface area contributed by atoms with Gasteiger partial charge in [0.15, 0.2) is 5.11 Å². The number of amides is 2. The maximum absolute atomic E-state index is 12.9. The molecule has 3 aliphatic heterocycles. The molecule has 1 fully saturated rings. The summed E-state index contributed by atoms with van der Waals surface area (Å²) in [5.74, 6) is -0.992. The third-order valence-corrected chi connectivity index (χ3v) is 8.09. The second-order valence-corrected chi connectivity index (χ2v) is 10.2. The largest absolute Gasteiger partial charge is 0.335 e. The molecule has 2 aromatic carbocycles. The van der Waals surface area contributed by atoms with Crippen LogP contribution in [-0.4, -0.2) is 30.0 Å². The fourth-order valence-electron chi connectivity index (χ4n) is 4.15. The molecule has 0 radical (unpaired) electrons. The number of nitrogens with one attached hydrogen (secondary N) is 2. The lowest BCUT2D eigenvalue weighted by atomic mass is 10.0. The van der Waals surface area contributed by atoms with Gasteiger partial charge in [0.1, 0.15) is 5.57 Å². The van der Waals surface area contributed by atoms with Crippen molar-refractivity contribution in [2.24, 2.45) is 0 Å². The molecular weight excluding hydrogens is 485 g/mol. The number of hydrogen-bond donors (Lipinski definition) is 2. The first-order valence-electron chi connectivity index (χ1n) is 10.9. The fraction of sp³-hybridized carbons (Fsp3) is 0.160. The van der Waals surface area contributed by atoms with Gasteiger partial charge in [-0.05, 0) is 68.1 Å². The summed E-state index contributed by atoms with van der Waals surface area (Å²) < 4.78 is 0. The number of para-hydroxylation sites is 2. The van der Waals surface area contributed by atoms with Gasteiger partial charge in [0.25, 0.3) is 11.8 Å². The van der Waals surface area contributed by atoms with E-state index < -0.39 is 11.8 Å². The Morgan fingerprint density at radius 2 is 1.26 bits per heavy atom. The van der Waals surface area contributed by atoms with Gasteiger partial charge in [0, 0.05) is 22.9 Å². The number of nitrogens with zero attached hydrogens (tertiary/aromatic N) is 2. The molecule has 2 N–H and O–H groups in total. The van der Waals surface area contributed by atoms with Crippen LogP contribution in [0.15, 0.2) is 91.7 Å². The van der Waals surface area contributed by atoms with Crippen LogP contribution in [0.3, 0.4) is 0 Å². The standard InChI is InChI=1S/C25H22N4O2S3/c1-3-28-16-9-5-7-11-18(16)33-20(28)13-15(22-23(30)26-25(32)27-24(22)31)14-21-29(4-2)17-10-6-8-12-19(17)34-21/h5-14H,3-4H2,1-2H3,(H2,26,27,30,31,32). The van der Waals surface area contributed by atoms with Crippen molar-refractivity contribution in [1.82, 2.24) is 10.6 Å². The summed E-state index contributed by atoms with van der Waals surface area (Å²) in [5.41, 5.74) is 2.83. The van der Waals surface area contributed by atoms with Gasteiger partial charge in [-0.3, -0.25) is 20.2 Å². The number of fused-ring (bicyclic) bond motifs is 2. The van der Waals surface area contributed by atoms with E-state index in [0.29, 0.717) is 5.57 Å². The molecule has 0 aliphatic carbocycles. The van der Waals surface area contributed by atoms with E-state index in [1.807, 2.05) is 36.4 Å². The van der Waals surface area contributed by atoms with Crippen LogP contribution in [0.5, 0.6) is 0 Å². The van der Waals surface area contributed by atoms with E-state index in [4.69, 9.17) is 12.2 Å². The number of anilines is 2. The first-order chi connectivity index (χ1) is 16.5. The summed E-state index contributed by atoms with van der Waals surface area (Å²) in [5, 5.41) is 7.10. The third kappa shape index (κ3) is 4.04. The average molecular weight is 507 g/mol. The maximum Gasteiger partial charge on any atom is 0.263 e. The van der Waals surface area contributed by atoms with Crippen LogP contribution in [0.1, 0.15) is 13.8 Å². The lowest BCUT2D eigenvalue weighted by Crippen LogP contribution is -2.51. The van der Waals surface area contributed by atoms with Crippen molar-refractivity contribution in [3.8, 4) is 0 Å². The Bertz CT molecular complexity index is 1220. The Morgan fingerprint density at radius 3 is 1.71 bits per heavy atom. The van der Waals surface area contributed by atoms with E-state index in [1.54, 1.807) is 23.5 Å². The Balaban J connectivity index is 1.65. The summed E-state index contributed by atoms with van der Waals surface area (Å²) >= 11 is 8.27. The molecule has 0 atom stereocenters. The summed E-state index contributed by atoms with van der Waals surface area (Å²) in [6, 6.07) is 16.4. The zero-order chi connectivity index (χ0) is 23.8. The number of carbonyl (C=O) groups is 2. The topological polar surface area (TPSA) is 64.7 Å². The van der Waals surface area contributed by atoms with E-state index in [0.717, 1.165) is 44.3 Å². The van der Waals surface area contributed by atoms with Gasteiger partial charge < -0.3 is 9.80 Å². The van der Waals surface area contributed by atoms with E-state index in [-0.39, 0.29) is 10.7 Å². The molecule has 9 heteroatoms. The number of thioether (sulfide) groups is 2. The van der Waals surface area contributed by atoms with Crippen molar-refractivity contribution in [2.75, 3.05) is 22.9 Å². The highest BCUT2D eigenvalue weighted by atomic mass is 32.2. The normalized spacial score (nSPS) is 19.5. The van der Waals surface area contributed by atoms with Gasteiger partial charge in [0.2, 0.25) is 0 Å². The van der Waals surface area contributed by atoms with Gasteiger partial charge in [-0.25, -0.2) is 0 Å². The molecule has 0 saturated carbocycles. The highest BCUT2D eigenvalue weighted by Crippen LogP contribution is 2.48. The molecule has 3 aliphatic rings. The summed E-state index contributed by atoms with van der Waals surface area (Å²) in [6.45, 7) is 5.70. The summed E-state index contributed by atoms with van der Waals surface area (Å²) in [6.07, 6.45) is 3.86. The molecule has 6 nitrogen and oxygen atoms in total. The van der Waals surface area contributed by atoms with Crippen molar-refractivity contribution in [3.05, 3.63) is 81.9 Å². The molecule has 0 aromatic heterocycles. The van der Waals surface area contributed by atoms with E-state index in [2.05, 4.69) is 58.5 Å². The monoisotopic (exact) mass is 506 g/mol. The van der Waals surface area contributed by atoms with Gasteiger partial charge in [-0.1, -0.05) is 47.8 Å². The first kappa shape index (κ1) is 22.8.